The van der Waals surface area contributed by atoms with Crippen LogP contribution in [-0.4, -0.2) is 33.5 Å². The molecule has 0 bridgehead atoms. The first-order valence-electron chi connectivity index (χ1n) is 11.0. The fourth-order valence-corrected chi connectivity index (χ4v) is 4.28. The number of nitriles is 1. The van der Waals surface area contributed by atoms with Crippen LogP contribution in [0, 0.1) is 16.5 Å². The molecule has 0 radical (unpaired) electrons. The number of rotatable bonds is 5. The predicted molar refractivity (Wildman–Crippen MR) is 122 cm³/mol. The first kappa shape index (κ1) is 22.6. The monoisotopic (exact) mass is 449 g/mol. The first-order valence-corrected chi connectivity index (χ1v) is 11.0. The largest absolute Gasteiger partial charge is 0.618 e. The van der Waals surface area contributed by atoms with E-state index < -0.39 is 11.5 Å². The summed E-state index contributed by atoms with van der Waals surface area (Å²) >= 11 is 0. The molecule has 1 aromatic carbocycles. The van der Waals surface area contributed by atoms with Gasteiger partial charge in [0.2, 0.25) is 0 Å². The zero-order valence-corrected chi connectivity index (χ0v) is 18.9. The third kappa shape index (κ3) is 4.34. The minimum absolute atomic E-state index is 0.00577. The molecule has 1 fully saturated rings. The Morgan fingerprint density at radius 3 is 2.76 bits per heavy atom. The normalized spacial score (nSPS) is 20.5. The standard InChI is InChI=1S/C24H27N5O4/c1-15(2)20-5-4-6-21(29(20)32)23(30)26-19-11-16-13-28(27-18(16)12-22(19)33-3)17-7-9-24(31,14-25)10-8-17/h4-6,11-13,15,17,31H,7-10H2,1-3H3,(H,26,30). The number of carbonyl (C=O) groups excluding carboxylic acids is 1. The molecule has 2 N–H and O–H groups in total. The fraction of sp³-hybridized carbons (Fsp3) is 0.417. The maximum absolute atomic E-state index is 12.9. The van der Waals surface area contributed by atoms with Crippen molar-refractivity contribution in [3.8, 4) is 11.8 Å². The van der Waals surface area contributed by atoms with Crippen molar-refractivity contribution in [2.24, 2.45) is 0 Å². The molecular weight excluding hydrogens is 422 g/mol. The number of hydrogen-bond donors (Lipinski definition) is 2. The minimum atomic E-state index is -1.25. The highest BCUT2D eigenvalue weighted by molar-refractivity contribution is 6.04. The molecule has 1 aliphatic rings. The van der Waals surface area contributed by atoms with Crippen LogP contribution in [0.5, 0.6) is 5.75 Å². The third-order valence-corrected chi connectivity index (χ3v) is 6.25. The molecule has 9 nitrogen and oxygen atoms in total. The maximum atomic E-state index is 12.9. The molecule has 0 aliphatic heterocycles. The van der Waals surface area contributed by atoms with Crippen LogP contribution >= 0.6 is 0 Å². The van der Waals surface area contributed by atoms with Crippen molar-refractivity contribution >= 4 is 22.5 Å². The third-order valence-electron chi connectivity index (χ3n) is 6.25. The summed E-state index contributed by atoms with van der Waals surface area (Å²) < 4.78 is 7.97. The van der Waals surface area contributed by atoms with Gasteiger partial charge < -0.3 is 20.4 Å². The van der Waals surface area contributed by atoms with Gasteiger partial charge in [-0.25, -0.2) is 0 Å². The Balaban J connectivity index is 1.61. The lowest BCUT2D eigenvalue weighted by molar-refractivity contribution is -0.617. The van der Waals surface area contributed by atoms with E-state index in [0.29, 0.717) is 53.1 Å². The number of fused-ring (bicyclic) bond motifs is 1. The highest BCUT2D eigenvalue weighted by Gasteiger charge is 2.34. The van der Waals surface area contributed by atoms with E-state index in [0.717, 1.165) is 5.39 Å². The number of aromatic nitrogens is 3. The molecule has 0 unspecified atom stereocenters. The van der Waals surface area contributed by atoms with Crippen molar-refractivity contribution in [2.75, 3.05) is 12.4 Å². The summed E-state index contributed by atoms with van der Waals surface area (Å²) in [6.45, 7) is 3.79. The summed E-state index contributed by atoms with van der Waals surface area (Å²) in [7, 11) is 1.50. The second kappa shape index (κ2) is 8.71. The Bertz CT molecular complexity index is 1240. The van der Waals surface area contributed by atoms with Crippen molar-refractivity contribution in [3.05, 3.63) is 53.1 Å². The first-order chi connectivity index (χ1) is 15.7. The molecule has 0 saturated heterocycles. The van der Waals surface area contributed by atoms with Crippen LogP contribution in [0.3, 0.4) is 0 Å². The van der Waals surface area contributed by atoms with Crippen LogP contribution < -0.4 is 14.8 Å². The number of carbonyl (C=O) groups is 1. The van der Waals surface area contributed by atoms with E-state index in [1.54, 1.807) is 24.3 Å². The smallest absolute Gasteiger partial charge is 0.321 e. The van der Waals surface area contributed by atoms with Crippen LogP contribution in [-0.2, 0) is 0 Å². The number of anilines is 1. The van der Waals surface area contributed by atoms with Crippen molar-refractivity contribution in [1.82, 2.24) is 9.78 Å². The van der Waals surface area contributed by atoms with Crippen LogP contribution in [0.25, 0.3) is 10.9 Å². The van der Waals surface area contributed by atoms with Crippen LogP contribution in [0.4, 0.5) is 5.69 Å². The van der Waals surface area contributed by atoms with Gasteiger partial charge in [-0.3, -0.25) is 9.48 Å². The zero-order valence-electron chi connectivity index (χ0n) is 18.9. The number of benzene rings is 1. The molecule has 0 spiro atoms. The number of hydrogen-bond acceptors (Lipinski definition) is 6. The van der Waals surface area contributed by atoms with Crippen LogP contribution in [0.15, 0.2) is 36.5 Å². The Morgan fingerprint density at radius 1 is 1.39 bits per heavy atom. The van der Waals surface area contributed by atoms with E-state index in [-0.39, 0.29) is 17.7 Å². The highest BCUT2D eigenvalue weighted by Crippen LogP contribution is 2.36. The van der Waals surface area contributed by atoms with Crippen molar-refractivity contribution in [2.45, 2.75) is 57.1 Å². The molecule has 172 valence electrons. The number of pyridine rings is 1. The molecule has 3 aromatic rings. The molecule has 2 heterocycles. The number of nitrogens with zero attached hydrogens (tertiary/aromatic N) is 4. The average Bonchev–Trinajstić information content (AvgIpc) is 3.21. The summed E-state index contributed by atoms with van der Waals surface area (Å²) in [4.78, 5) is 12.9. The van der Waals surface area contributed by atoms with Gasteiger partial charge in [0.15, 0.2) is 11.3 Å². The predicted octanol–water partition coefficient (Wildman–Crippen LogP) is 3.42. The minimum Gasteiger partial charge on any atom is -0.618 e. The number of methoxy groups -OCH3 is 1. The summed E-state index contributed by atoms with van der Waals surface area (Å²) in [5.41, 5.74) is 0.404. The molecule has 1 aliphatic carbocycles. The van der Waals surface area contributed by atoms with Crippen LogP contribution in [0.1, 0.15) is 67.7 Å². The van der Waals surface area contributed by atoms with Gasteiger partial charge in [0.05, 0.1) is 30.4 Å². The summed E-state index contributed by atoms with van der Waals surface area (Å²) in [5, 5.41) is 40.2. The van der Waals surface area contributed by atoms with E-state index in [2.05, 4.69) is 10.4 Å². The lowest BCUT2D eigenvalue weighted by Gasteiger charge is -2.30. The number of amides is 1. The Morgan fingerprint density at radius 2 is 2.12 bits per heavy atom. The van der Waals surface area contributed by atoms with Crippen molar-refractivity contribution in [1.29, 1.82) is 5.26 Å². The molecule has 9 heteroatoms. The Labute approximate surface area is 191 Å². The van der Waals surface area contributed by atoms with Gasteiger partial charge >= 0.3 is 5.91 Å². The molecule has 4 rings (SSSR count). The summed E-state index contributed by atoms with van der Waals surface area (Å²) in [5.74, 6) is -0.113. The quantitative estimate of drug-likeness (QED) is 0.349. The van der Waals surface area contributed by atoms with Crippen molar-refractivity contribution < 1.29 is 19.4 Å². The van der Waals surface area contributed by atoms with Crippen LogP contribution in [0.2, 0.25) is 0 Å². The van der Waals surface area contributed by atoms with Gasteiger partial charge in [-0.05, 0) is 37.8 Å². The Kier molecular flexibility index (Phi) is 5.95. The lowest BCUT2D eigenvalue weighted by Crippen LogP contribution is -2.41. The van der Waals surface area contributed by atoms with E-state index in [4.69, 9.17) is 10.00 Å². The second-order valence-electron chi connectivity index (χ2n) is 8.83. The van der Waals surface area contributed by atoms with Crippen molar-refractivity contribution in [3.63, 3.8) is 0 Å². The van der Waals surface area contributed by atoms with E-state index >= 15 is 0 Å². The van der Waals surface area contributed by atoms with Gasteiger partial charge in [-0.15, -0.1) is 0 Å². The van der Waals surface area contributed by atoms with E-state index in [1.807, 2.05) is 30.8 Å². The molecule has 2 aromatic heterocycles. The lowest BCUT2D eigenvalue weighted by atomic mass is 9.83. The zero-order chi connectivity index (χ0) is 23.8. The van der Waals surface area contributed by atoms with Gasteiger partial charge in [0, 0.05) is 35.7 Å². The van der Waals surface area contributed by atoms with Gasteiger partial charge in [0.25, 0.3) is 5.69 Å². The fourth-order valence-electron chi connectivity index (χ4n) is 4.28. The summed E-state index contributed by atoms with van der Waals surface area (Å²) in [6.07, 6.45) is 3.99. The van der Waals surface area contributed by atoms with E-state index in [1.165, 1.54) is 13.2 Å². The topological polar surface area (TPSA) is 127 Å². The maximum Gasteiger partial charge on any atom is 0.321 e. The molecular formula is C24H27N5O4. The number of aliphatic hydroxyl groups is 1. The molecule has 33 heavy (non-hydrogen) atoms. The second-order valence-corrected chi connectivity index (χ2v) is 8.83. The molecule has 0 atom stereocenters. The van der Waals surface area contributed by atoms with Gasteiger partial charge in [-0.2, -0.15) is 15.1 Å². The average molecular weight is 450 g/mol. The number of nitrogens with one attached hydrogen (secondary N) is 1. The SMILES string of the molecule is COc1cc2nn(C3CCC(O)(C#N)CC3)cc2cc1NC(=O)c1cccc(C(C)C)[n+]1[O-]. The molecule has 1 saturated carbocycles. The highest BCUT2D eigenvalue weighted by atomic mass is 16.5. The number of ether oxygens (including phenoxy) is 1. The Hall–Kier alpha value is -3.64. The van der Waals surface area contributed by atoms with Gasteiger partial charge in [-0.1, -0.05) is 13.8 Å². The van der Waals surface area contributed by atoms with E-state index in [9.17, 15) is 15.1 Å². The van der Waals surface area contributed by atoms with Gasteiger partial charge in [0.1, 0.15) is 5.75 Å². The molecule has 1 amide bonds. The summed E-state index contributed by atoms with van der Waals surface area (Å²) in [6, 6.07) is 10.5.